The normalized spacial score (nSPS) is 20.1. The van der Waals surface area contributed by atoms with Crippen LogP contribution in [0.5, 0.6) is 0 Å². The van der Waals surface area contributed by atoms with Gasteiger partial charge in [-0.25, -0.2) is 4.79 Å². The maximum atomic E-state index is 11.3. The van der Waals surface area contributed by atoms with Crippen molar-refractivity contribution < 1.29 is 33.7 Å². The van der Waals surface area contributed by atoms with E-state index in [1.807, 2.05) is 0 Å². The summed E-state index contributed by atoms with van der Waals surface area (Å²) in [5.74, 6) is -1.99. The molecule has 0 aromatic heterocycles. The van der Waals surface area contributed by atoms with Crippen LogP contribution in [0, 0.1) is 0 Å². The van der Waals surface area contributed by atoms with Crippen molar-refractivity contribution in [3.8, 4) is 0 Å². The predicted octanol–water partition coefficient (Wildman–Crippen LogP) is -0.675. The van der Waals surface area contributed by atoms with Gasteiger partial charge >= 0.3 is 11.9 Å². The van der Waals surface area contributed by atoms with E-state index in [0.717, 1.165) is 0 Å². The molecule has 7 nitrogen and oxygen atoms in total. The van der Waals surface area contributed by atoms with Crippen LogP contribution < -0.4 is 0 Å². The van der Waals surface area contributed by atoms with E-state index in [0.29, 0.717) is 0 Å². The van der Waals surface area contributed by atoms with Crippen LogP contribution in [0.4, 0.5) is 0 Å². The lowest BCUT2D eigenvalue weighted by atomic mass is 10.3. The number of esters is 2. The molecule has 1 N–H and O–H groups in total. The largest absolute Gasteiger partial charge is 0.463 e. The summed E-state index contributed by atoms with van der Waals surface area (Å²) in [7, 11) is 0. The van der Waals surface area contributed by atoms with Crippen molar-refractivity contribution >= 4 is 17.7 Å². The molecule has 0 aromatic carbocycles. The molecule has 1 rings (SSSR count). The number of aliphatic hydroxyl groups excluding tert-OH is 1. The highest BCUT2D eigenvalue weighted by Crippen LogP contribution is 2.11. The number of hydrogen-bond acceptors (Lipinski definition) is 7. The first-order chi connectivity index (χ1) is 8.40. The molecule has 1 aliphatic heterocycles. The smallest absolute Gasteiger partial charge is 0.333 e. The zero-order valence-electron chi connectivity index (χ0n) is 9.88. The molecule has 1 heterocycles. The van der Waals surface area contributed by atoms with Crippen molar-refractivity contribution in [2.45, 2.75) is 25.7 Å². The highest BCUT2D eigenvalue weighted by Gasteiger charge is 2.29. The summed E-state index contributed by atoms with van der Waals surface area (Å²) in [6.07, 6.45) is -2.42. The number of aliphatic hydroxyl groups is 1. The predicted molar refractivity (Wildman–Crippen MR) is 57.2 cm³/mol. The molecule has 1 fully saturated rings. The van der Waals surface area contributed by atoms with Gasteiger partial charge in [0.05, 0.1) is 6.42 Å². The van der Waals surface area contributed by atoms with Crippen LogP contribution in [0.25, 0.3) is 0 Å². The number of rotatable bonds is 6. The van der Waals surface area contributed by atoms with E-state index >= 15 is 0 Å². The number of carbonyl (C=O) groups excluding carboxylic acids is 3. The molecule has 100 valence electrons. The van der Waals surface area contributed by atoms with Crippen LogP contribution >= 0.6 is 0 Å². The van der Waals surface area contributed by atoms with Crippen LogP contribution in [-0.2, 0) is 28.6 Å². The fourth-order valence-corrected chi connectivity index (χ4v) is 1.17. The quantitative estimate of drug-likeness (QED) is 0.383. The van der Waals surface area contributed by atoms with Gasteiger partial charge in [0.25, 0.3) is 0 Å². The van der Waals surface area contributed by atoms with Crippen molar-refractivity contribution in [2.24, 2.45) is 0 Å². The molecule has 0 amide bonds. The fourth-order valence-electron chi connectivity index (χ4n) is 1.17. The molecule has 0 bridgehead atoms. The third-order valence-corrected chi connectivity index (χ3v) is 2.12. The number of hydrogen-bond donors (Lipinski definition) is 1. The van der Waals surface area contributed by atoms with Gasteiger partial charge in [-0.05, 0) is 6.92 Å². The maximum Gasteiger partial charge on any atom is 0.333 e. The molecule has 7 heteroatoms. The zero-order chi connectivity index (χ0) is 13.7. The van der Waals surface area contributed by atoms with Crippen LogP contribution in [0.3, 0.4) is 0 Å². The Morgan fingerprint density at radius 2 is 2.28 bits per heavy atom. The van der Waals surface area contributed by atoms with E-state index < -0.39 is 36.7 Å². The first-order valence-electron chi connectivity index (χ1n) is 5.24. The lowest BCUT2D eigenvalue weighted by Gasteiger charge is -2.14. The molecule has 0 saturated carbocycles. The van der Waals surface area contributed by atoms with E-state index in [2.05, 4.69) is 16.1 Å². The van der Waals surface area contributed by atoms with Gasteiger partial charge in [0.1, 0.15) is 12.7 Å². The Bertz CT molecular complexity index is 374. The first kappa shape index (κ1) is 14.3. The van der Waals surface area contributed by atoms with Gasteiger partial charge in [0, 0.05) is 5.57 Å². The molecule has 18 heavy (non-hydrogen) atoms. The second-order valence-electron chi connectivity index (χ2n) is 3.82. The van der Waals surface area contributed by atoms with Crippen molar-refractivity contribution in [3.63, 3.8) is 0 Å². The Labute approximate surface area is 103 Å². The third-order valence-electron chi connectivity index (χ3n) is 2.12. The fraction of sp³-hybridized carbons (Fsp3) is 0.545. The lowest BCUT2D eigenvalue weighted by molar-refractivity contribution is -0.173. The van der Waals surface area contributed by atoms with Crippen LogP contribution in [0.2, 0.25) is 0 Å². The number of carbonyl (C=O) groups is 3. The Morgan fingerprint density at radius 1 is 1.61 bits per heavy atom. The van der Waals surface area contributed by atoms with Crippen molar-refractivity contribution in [3.05, 3.63) is 12.2 Å². The average Bonchev–Trinajstić information content (AvgIpc) is 2.70. The Kier molecular flexibility index (Phi) is 4.99. The molecule has 0 radical (unpaired) electrons. The van der Waals surface area contributed by atoms with Crippen molar-refractivity contribution in [1.82, 2.24) is 0 Å². The molecule has 2 atom stereocenters. The molecule has 0 aromatic rings. The van der Waals surface area contributed by atoms with Gasteiger partial charge in [0.2, 0.25) is 12.1 Å². The van der Waals surface area contributed by atoms with Gasteiger partial charge in [0.15, 0.2) is 6.61 Å². The summed E-state index contributed by atoms with van der Waals surface area (Å²) in [5, 5.41) is 9.36. The number of ketones is 1. The summed E-state index contributed by atoms with van der Waals surface area (Å²) in [4.78, 5) is 33.1. The molecule has 1 saturated heterocycles. The van der Waals surface area contributed by atoms with Crippen LogP contribution in [0.1, 0.15) is 13.3 Å². The monoisotopic (exact) mass is 258 g/mol. The molecular formula is C11H14O7. The lowest BCUT2D eigenvalue weighted by Crippen LogP contribution is -2.32. The summed E-state index contributed by atoms with van der Waals surface area (Å²) in [6.45, 7) is 4.15. The number of cyclic esters (lactones) is 1. The Hall–Kier alpha value is -1.73. The molecular weight excluding hydrogens is 244 g/mol. The highest BCUT2D eigenvalue weighted by atomic mass is 16.6. The van der Waals surface area contributed by atoms with Gasteiger partial charge in [-0.1, -0.05) is 6.58 Å². The Balaban J connectivity index is 2.30. The second kappa shape index (κ2) is 6.27. The summed E-state index contributed by atoms with van der Waals surface area (Å²) in [5.41, 5.74) is 0.146. The van der Waals surface area contributed by atoms with Gasteiger partial charge < -0.3 is 19.3 Å². The molecule has 2 unspecified atom stereocenters. The van der Waals surface area contributed by atoms with Crippen molar-refractivity contribution in [2.75, 3.05) is 13.2 Å². The van der Waals surface area contributed by atoms with Crippen molar-refractivity contribution in [1.29, 1.82) is 0 Å². The van der Waals surface area contributed by atoms with Gasteiger partial charge in [-0.3, -0.25) is 9.59 Å². The maximum absolute atomic E-state index is 11.3. The second-order valence-corrected chi connectivity index (χ2v) is 3.82. The first-order valence-corrected chi connectivity index (χ1v) is 5.24. The highest BCUT2D eigenvalue weighted by molar-refractivity contribution is 5.90. The molecule has 0 aliphatic carbocycles. The minimum Gasteiger partial charge on any atom is -0.463 e. The SMILES string of the molecule is C=C(C)C(=O)OCC(=O)C(O)OC1COC(=O)C1. The summed E-state index contributed by atoms with van der Waals surface area (Å²) < 4.78 is 14.0. The third kappa shape index (κ3) is 4.27. The van der Waals surface area contributed by atoms with Gasteiger partial charge in [-0.15, -0.1) is 0 Å². The van der Waals surface area contributed by atoms with E-state index in [1.54, 1.807) is 0 Å². The summed E-state index contributed by atoms with van der Waals surface area (Å²) >= 11 is 0. The Morgan fingerprint density at radius 3 is 2.78 bits per heavy atom. The summed E-state index contributed by atoms with van der Waals surface area (Å²) in [6, 6.07) is 0. The molecule has 1 aliphatic rings. The standard InChI is InChI=1S/C11H14O7/c1-6(2)10(14)17-5-8(12)11(15)18-7-3-9(13)16-4-7/h7,11,15H,1,3-5H2,2H3. The molecule has 0 spiro atoms. The number of Topliss-reactive ketones (excluding diaryl/α,β-unsaturated/α-hetero) is 1. The zero-order valence-corrected chi connectivity index (χ0v) is 9.88. The average molecular weight is 258 g/mol. The van der Waals surface area contributed by atoms with E-state index in [4.69, 9.17) is 4.74 Å². The minimum absolute atomic E-state index is 0.00523. The van der Waals surface area contributed by atoms with E-state index in [1.165, 1.54) is 6.92 Å². The van der Waals surface area contributed by atoms with E-state index in [9.17, 15) is 19.5 Å². The van der Waals surface area contributed by atoms with E-state index in [-0.39, 0.29) is 18.6 Å². The van der Waals surface area contributed by atoms with Gasteiger partial charge in [-0.2, -0.15) is 0 Å². The van der Waals surface area contributed by atoms with Crippen LogP contribution in [0.15, 0.2) is 12.2 Å². The number of ether oxygens (including phenoxy) is 3. The minimum atomic E-state index is -1.75. The van der Waals surface area contributed by atoms with Crippen LogP contribution in [-0.4, -0.2) is 48.4 Å². The topological polar surface area (TPSA) is 99.1 Å².